The quantitative estimate of drug-likeness (QED) is 0.597. The van der Waals surface area contributed by atoms with Crippen LogP contribution in [0.3, 0.4) is 0 Å². The molecule has 9 nitrogen and oxygen atoms in total. The van der Waals surface area contributed by atoms with E-state index in [9.17, 15) is 9.18 Å². The van der Waals surface area contributed by atoms with Gasteiger partial charge in [0.1, 0.15) is 5.82 Å². The van der Waals surface area contributed by atoms with Crippen molar-refractivity contribution in [1.82, 2.24) is 29.6 Å². The highest BCUT2D eigenvalue weighted by molar-refractivity contribution is 6.30. The minimum atomic E-state index is -1.05. The van der Waals surface area contributed by atoms with E-state index >= 15 is 0 Å². The van der Waals surface area contributed by atoms with Crippen LogP contribution in [0.25, 0.3) is 5.69 Å². The third-order valence-electron chi connectivity index (χ3n) is 6.42. The zero-order chi connectivity index (χ0) is 21.9. The van der Waals surface area contributed by atoms with Crippen molar-refractivity contribution >= 4 is 29.3 Å². The minimum Gasteiger partial charge on any atom is -0.354 e. The third kappa shape index (κ3) is 3.01. The second kappa shape index (κ2) is 7.13. The number of benzene rings is 1. The largest absolute Gasteiger partial charge is 0.354 e. The summed E-state index contributed by atoms with van der Waals surface area (Å²) >= 11 is 6.22. The molecule has 1 amide bonds. The average molecular weight is 455 g/mol. The standard InChI is InChI=1S/C21H20ClFN8O/c22-15-1-2-16-14(5-15)8-28(19(32)6-23)9-18-26-27-20(31(16)18)30-12-21(13-30)10-29(11-21)17-7-24-3-4-25-17/h1-5,7H,6,8-13H2. The van der Waals surface area contributed by atoms with E-state index in [1.165, 1.54) is 4.90 Å². The second-order valence-corrected chi connectivity index (χ2v) is 9.12. The molecule has 0 aliphatic carbocycles. The molecule has 2 fully saturated rings. The number of hydrogen-bond acceptors (Lipinski definition) is 7. The number of rotatable bonds is 3. The number of fused-ring (bicyclic) bond motifs is 3. The van der Waals surface area contributed by atoms with Gasteiger partial charge in [0.15, 0.2) is 12.5 Å². The van der Waals surface area contributed by atoms with E-state index in [0.29, 0.717) is 10.8 Å². The molecule has 0 bridgehead atoms. The summed E-state index contributed by atoms with van der Waals surface area (Å²) < 4.78 is 15.1. The van der Waals surface area contributed by atoms with Crippen LogP contribution in [-0.2, 0) is 17.9 Å². The van der Waals surface area contributed by atoms with Crippen LogP contribution in [0.5, 0.6) is 0 Å². The second-order valence-electron chi connectivity index (χ2n) is 8.68. The smallest absolute Gasteiger partial charge is 0.254 e. The molecular formula is C21H20ClFN8O. The Hall–Kier alpha value is -3.27. The number of nitrogens with zero attached hydrogens (tertiary/aromatic N) is 8. The number of carbonyl (C=O) groups is 1. The molecule has 5 heterocycles. The summed E-state index contributed by atoms with van der Waals surface area (Å²) in [5, 5.41) is 9.36. The molecule has 0 atom stereocenters. The van der Waals surface area contributed by atoms with Crippen molar-refractivity contribution in [3.05, 3.63) is 53.2 Å². The summed E-state index contributed by atoms with van der Waals surface area (Å²) in [7, 11) is 0. The molecule has 0 radical (unpaired) electrons. The molecule has 0 N–H and O–H groups in total. The maximum atomic E-state index is 13.1. The number of carbonyl (C=O) groups excluding carboxylic acids is 1. The molecule has 3 aromatic rings. The van der Waals surface area contributed by atoms with Crippen molar-refractivity contribution in [3.63, 3.8) is 0 Å². The molecule has 32 heavy (non-hydrogen) atoms. The Morgan fingerprint density at radius 3 is 2.66 bits per heavy atom. The van der Waals surface area contributed by atoms with Gasteiger partial charge in [0.25, 0.3) is 5.91 Å². The van der Waals surface area contributed by atoms with Gasteiger partial charge in [-0.2, -0.15) is 0 Å². The van der Waals surface area contributed by atoms with E-state index < -0.39 is 12.6 Å². The molecule has 2 saturated heterocycles. The molecule has 11 heteroatoms. The van der Waals surface area contributed by atoms with E-state index in [1.54, 1.807) is 18.6 Å². The number of amides is 1. The summed E-state index contributed by atoms with van der Waals surface area (Å²) in [4.78, 5) is 26.6. The predicted molar refractivity (Wildman–Crippen MR) is 115 cm³/mol. The highest BCUT2D eigenvalue weighted by atomic mass is 35.5. The van der Waals surface area contributed by atoms with Crippen LogP contribution < -0.4 is 9.80 Å². The van der Waals surface area contributed by atoms with Gasteiger partial charge in [0.05, 0.1) is 18.4 Å². The van der Waals surface area contributed by atoms with Gasteiger partial charge in [0, 0.05) is 55.6 Å². The summed E-state index contributed by atoms with van der Waals surface area (Å²) in [5.74, 6) is 1.67. The number of aromatic nitrogens is 5. The van der Waals surface area contributed by atoms with Crippen molar-refractivity contribution in [3.8, 4) is 5.69 Å². The first-order valence-corrected chi connectivity index (χ1v) is 10.8. The topological polar surface area (TPSA) is 83.3 Å². The highest BCUT2D eigenvalue weighted by Crippen LogP contribution is 2.43. The molecule has 3 aliphatic rings. The first-order chi connectivity index (χ1) is 15.5. The lowest BCUT2D eigenvalue weighted by Gasteiger charge is -2.60. The number of anilines is 2. The van der Waals surface area contributed by atoms with E-state index in [-0.39, 0.29) is 18.5 Å². The predicted octanol–water partition coefficient (Wildman–Crippen LogP) is 1.85. The molecule has 1 spiro atoms. The maximum absolute atomic E-state index is 13.1. The van der Waals surface area contributed by atoms with Gasteiger partial charge in [-0.05, 0) is 23.8 Å². The van der Waals surface area contributed by atoms with Crippen molar-refractivity contribution in [2.75, 3.05) is 42.7 Å². The maximum Gasteiger partial charge on any atom is 0.254 e. The lowest BCUT2D eigenvalue weighted by Crippen LogP contribution is -2.73. The van der Waals surface area contributed by atoms with Crippen LogP contribution in [0.4, 0.5) is 16.2 Å². The third-order valence-corrected chi connectivity index (χ3v) is 6.65. The molecule has 0 unspecified atom stereocenters. The van der Waals surface area contributed by atoms with Gasteiger partial charge in [0.2, 0.25) is 5.95 Å². The van der Waals surface area contributed by atoms with Gasteiger partial charge >= 0.3 is 0 Å². The van der Waals surface area contributed by atoms with Crippen LogP contribution in [-0.4, -0.2) is 68.4 Å². The zero-order valence-electron chi connectivity index (χ0n) is 17.2. The van der Waals surface area contributed by atoms with Crippen molar-refractivity contribution in [2.45, 2.75) is 13.1 Å². The van der Waals surface area contributed by atoms with Crippen molar-refractivity contribution < 1.29 is 9.18 Å². The molecule has 2 aromatic heterocycles. The Labute approximate surface area is 188 Å². The van der Waals surface area contributed by atoms with E-state index in [1.807, 2.05) is 22.8 Å². The monoisotopic (exact) mass is 454 g/mol. The summed E-state index contributed by atoms with van der Waals surface area (Å²) in [6.07, 6.45) is 5.17. The van der Waals surface area contributed by atoms with Crippen molar-refractivity contribution in [1.29, 1.82) is 0 Å². The lowest BCUT2D eigenvalue weighted by atomic mass is 9.73. The zero-order valence-corrected chi connectivity index (χ0v) is 17.9. The Kier molecular flexibility index (Phi) is 4.32. The Morgan fingerprint density at radius 2 is 1.91 bits per heavy atom. The highest BCUT2D eigenvalue weighted by Gasteiger charge is 2.53. The first-order valence-electron chi connectivity index (χ1n) is 10.4. The lowest BCUT2D eigenvalue weighted by molar-refractivity contribution is -0.133. The summed E-state index contributed by atoms with van der Waals surface area (Å²) in [6.45, 7) is 2.99. The number of alkyl halides is 1. The Bertz CT molecular complexity index is 1190. The van der Waals surface area contributed by atoms with E-state index in [2.05, 4.69) is 30.0 Å². The molecule has 164 valence electrons. The number of hydrogen-bond donors (Lipinski definition) is 0. The van der Waals surface area contributed by atoms with Crippen LogP contribution in [0.1, 0.15) is 11.4 Å². The van der Waals surface area contributed by atoms with Gasteiger partial charge < -0.3 is 14.7 Å². The van der Waals surface area contributed by atoms with Crippen LogP contribution in [0.2, 0.25) is 5.02 Å². The average Bonchev–Trinajstić information content (AvgIpc) is 3.07. The van der Waals surface area contributed by atoms with Crippen LogP contribution in [0, 0.1) is 5.41 Å². The van der Waals surface area contributed by atoms with Gasteiger partial charge in [-0.25, -0.2) is 9.37 Å². The van der Waals surface area contributed by atoms with Crippen LogP contribution >= 0.6 is 11.6 Å². The molecule has 0 saturated carbocycles. The SMILES string of the molecule is O=C(CF)N1Cc2cc(Cl)ccc2-n2c(nnc2N2CC3(CN(c4cnccn4)C3)C2)C1. The molecule has 3 aliphatic heterocycles. The molecule has 6 rings (SSSR count). The fourth-order valence-electron chi connectivity index (χ4n) is 4.94. The van der Waals surface area contributed by atoms with Gasteiger partial charge in [-0.1, -0.05) is 11.6 Å². The number of halogens is 2. The summed E-state index contributed by atoms with van der Waals surface area (Å²) in [6, 6.07) is 5.53. The Morgan fingerprint density at radius 1 is 1.09 bits per heavy atom. The van der Waals surface area contributed by atoms with Crippen molar-refractivity contribution in [2.24, 2.45) is 5.41 Å². The molecular weight excluding hydrogens is 435 g/mol. The van der Waals surface area contributed by atoms with E-state index in [0.717, 1.165) is 49.2 Å². The molecule has 1 aromatic carbocycles. The minimum absolute atomic E-state index is 0.196. The van der Waals surface area contributed by atoms with Crippen LogP contribution in [0.15, 0.2) is 36.8 Å². The summed E-state index contributed by atoms with van der Waals surface area (Å²) in [5.41, 5.74) is 1.91. The van der Waals surface area contributed by atoms with Gasteiger partial charge in [-0.15, -0.1) is 10.2 Å². The first kappa shape index (κ1) is 19.4. The Balaban J connectivity index is 1.27. The fraction of sp³-hybridized carbons (Fsp3) is 0.381. The van der Waals surface area contributed by atoms with E-state index in [4.69, 9.17) is 11.6 Å². The van der Waals surface area contributed by atoms with Gasteiger partial charge in [-0.3, -0.25) is 14.3 Å². The fourth-order valence-corrected chi connectivity index (χ4v) is 5.13. The normalized spacial score (nSPS) is 18.5.